The van der Waals surface area contributed by atoms with Crippen LogP contribution in [0.15, 0.2) is 42.5 Å². The van der Waals surface area contributed by atoms with Gasteiger partial charge in [0.05, 0.1) is 10.0 Å². The number of amides is 1. The quantitative estimate of drug-likeness (QED) is 0.636. The van der Waals surface area contributed by atoms with E-state index in [9.17, 15) is 9.59 Å². The first-order chi connectivity index (χ1) is 9.54. The summed E-state index contributed by atoms with van der Waals surface area (Å²) in [5.74, 6) is -0.210. The molecule has 0 aliphatic rings. The van der Waals surface area contributed by atoms with Crippen LogP contribution in [-0.4, -0.2) is 19.2 Å². The van der Waals surface area contributed by atoms with E-state index in [0.717, 1.165) is 0 Å². The fourth-order valence-corrected chi connectivity index (χ4v) is 2.13. The van der Waals surface area contributed by atoms with Gasteiger partial charge >= 0.3 is 0 Å². The van der Waals surface area contributed by atoms with Gasteiger partial charge in [-0.1, -0.05) is 29.3 Å². The van der Waals surface area contributed by atoms with Crippen LogP contribution in [0.1, 0.15) is 15.9 Å². The zero-order valence-corrected chi connectivity index (χ0v) is 12.2. The maximum Gasteiger partial charge on any atom is 0.213 e. The number of ketones is 1. The molecule has 3 nitrogen and oxygen atoms in total. The van der Waals surface area contributed by atoms with Crippen LogP contribution < -0.4 is 4.90 Å². The van der Waals surface area contributed by atoms with Gasteiger partial charge in [0.2, 0.25) is 6.41 Å². The van der Waals surface area contributed by atoms with Gasteiger partial charge in [-0.15, -0.1) is 0 Å². The van der Waals surface area contributed by atoms with Gasteiger partial charge in [-0.25, -0.2) is 0 Å². The van der Waals surface area contributed by atoms with E-state index in [4.69, 9.17) is 23.2 Å². The molecular formula is C15H11Cl2NO2. The van der Waals surface area contributed by atoms with Gasteiger partial charge in [0.25, 0.3) is 0 Å². The third kappa shape index (κ3) is 2.84. The SMILES string of the molecule is CN(C=O)c1ccc(C(=O)c2cccc(Cl)c2Cl)cc1. The molecule has 0 aliphatic heterocycles. The molecule has 0 saturated carbocycles. The molecule has 0 aliphatic carbocycles. The maximum absolute atomic E-state index is 12.3. The van der Waals surface area contributed by atoms with Crippen molar-refractivity contribution in [3.63, 3.8) is 0 Å². The van der Waals surface area contributed by atoms with Crippen LogP contribution in [0.4, 0.5) is 5.69 Å². The summed E-state index contributed by atoms with van der Waals surface area (Å²) in [4.78, 5) is 24.4. The summed E-state index contributed by atoms with van der Waals surface area (Å²) in [6, 6.07) is 11.6. The number of benzene rings is 2. The average Bonchev–Trinajstić information content (AvgIpc) is 2.48. The molecule has 2 aromatic carbocycles. The molecular weight excluding hydrogens is 297 g/mol. The summed E-state index contributed by atoms with van der Waals surface area (Å²) in [5.41, 5.74) is 1.54. The van der Waals surface area contributed by atoms with Gasteiger partial charge in [0, 0.05) is 23.9 Å². The molecule has 0 radical (unpaired) electrons. The summed E-state index contributed by atoms with van der Waals surface area (Å²) in [5, 5.41) is 0.586. The van der Waals surface area contributed by atoms with Crippen molar-refractivity contribution in [2.24, 2.45) is 0 Å². The summed E-state index contributed by atoms with van der Waals surface area (Å²) >= 11 is 11.9. The lowest BCUT2D eigenvalue weighted by atomic mass is 10.0. The Morgan fingerprint density at radius 2 is 1.75 bits per heavy atom. The molecule has 0 saturated heterocycles. The fourth-order valence-electron chi connectivity index (χ4n) is 1.74. The first-order valence-corrected chi connectivity index (χ1v) is 6.57. The summed E-state index contributed by atoms with van der Waals surface area (Å²) in [6.45, 7) is 0. The highest BCUT2D eigenvalue weighted by atomic mass is 35.5. The smallest absolute Gasteiger partial charge is 0.213 e. The van der Waals surface area contributed by atoms with E-state index in [1.54, 1.807) is 49.5 Å². The normalized spacial score (nSPS) is 10.2. The molecule has 1 amide bonds. The predicted molar refractivity (Wildman–Crippen MR) is 80.8 cm³/mol. The molecule has 0 aromatic heterocycles. The molecule has 5 heteroatoms. The van der Waals surface area contributed by atoms with Crippen molar-refractivity contribution in [2.45, 2.75) is 0 Å². The Morgan fingerprint density at radius 1 is 1.10 bits per heavy atom. The number of carbonyl (C=O) groups excluding carboxylic acids is 2. The van der Waals surface area contributed by atoms with Crippen molar-refractivity contribution in [2.75, 3.05) is 11.9 Å². The lowest BCUT2D eigenvalue weighted by molar-refractivity contribution is -0.107. The highest BCUT2D eigenvalue weighted by Gasteiger charge is 2.14. The van der Waals surface area contributed by atoms with Crippen molar-refractivity contribution in [3.8, 4) is 0 Å². The number of hydrogen-bond donors (Lipinski definition) is 0. The molecule has 0 atom stereocenters. The minimum Gasteiger partial charge on any atom is -0.318 e. The average molecular weight is 308 g/mol. The highest BCUT2D eigenvalue weighted by Crippen LogP contribution is 2.27. The lowest BCUT2D eigenvalue weighted by Crippen LogP contribution is -2.13. The summed E-state index contributed by atoms with van der Waals surface area (Å²) < 4.78 is 0. The lowest BCUT2D eigenvalue weighted by Gasteiger charge is -2.11. The molecule has 0 bridgehead atoms. The zero-order valence-electron chi connectivity index (χ0n) is 10.6. The second-order valence-corrected chi connectivity index (χ2v) is 4.98. The zero-order chi connectivity index (χ0) is 14.7. The first kappa shape index (κ1) is 14.6. The van der Waals surface area contributed by atoms with E-state index in [-0.39, 0.29) is 10.8 Å². The third-order valence-electron chi connectivity index (χ3n) is 2.89. The van der Waals surface area contributed by atoms with Crippen LogP contribution in [-0.2, 0) is 4.79 Å². The van der Waals surface area contributed by atoms with Crippen LogP contribution >= 0.6 is 23.2 Å². The van der Waals surface area contributed by atoms with Crippen molar-refractivity contribution in [3.05, 3.63) is 63.6 Å². The Balaban J connectivity index is 2.34. The van der Waals surface area contributed by atoms with Crippen molar-refractivity contribution >= 4 is 41.1 Å². The number of anilines is 1. The van der Waals surface area contributed by atoms with Gasteiger partial charge in [-0.2, -0.15) is 0 Å². The molecule has 0 N–H and O–H groups in total. The van der Waals surface area contributed by atoms with E-state index in [1.165, 1.54) is 4.90 Å². The largest absolute Gasteiger partial charge is 0.318 e. The number of halogens is 2. The topological polar surface area (TPSA) is 37.4 Å². The van der Waals surface area contributed by atoms with E-state index in [2.05, 4.69) is 0 Å². The van der Waals surface area contributed by atoms with E-state index < -0.39 is 0 Å². The molecule has 2 aromatic rings. The third-order valence-corrected chi connectivity index (χ3v) is 3.71. The van der Waals surface area contributed by atoms with Crippen LogP contribution in [0, 0.1) is 0 Å². The summed E-state index contributed by atoms with van der Waals surface area (Å²) in [6.07, 6.45) is 0.699. The fraction of sp³-hybridized carbons (Fsp3) is 0.0667. The van der Waals surface area contributed by atoms with Gasteiger partial charge in [-0.3, -0.25) is 9.59 Å². The molecule has 0 unspecified atom stereocenters. The molecule has 0 heterocycles. The summed E-state index contributed by atoms with van der Waals surface area (Å²) in [7, 11) is 1.64. The van der Waals surface area contributed by atoms with Gasteiger partial charge in [-0.05, 0) is 36.4 Å². The van der Waals surface area contributed by atoms with Crippen molar-refractivity contribution in [1.29, 1.82) is 0 Å². The number of rotatable bonds is 4. The van der Waals surface area contributed by atoms with Gasteiger partial charge in [0.15, 0.2) is 5.78 Å². The minimum atomic E-state index is -0.210. The van der Waals surface area contributed by atoms with Crippen molar-refractivity contribution in [1.82, 2.24) is 0 Å². The molecule has 2 rings (SSSR count). The predicted octanol–water partition coefficient (Wildman–Crippen LogP) is 3.82. The second-order valence-electron chi connectivity index (χ2n) is 4.19. The Hall–Kier alpha value is -1.84. The van der Waals surface area contributed by atoms with Crippen LogP contribution in [0.5, 0.6) is 0 Å². The van der Waals surface area contributed by atoms with Crippen LogP contribution in [0.25, 0.3) is 0 Å². The van der Waals surface area contributed by atoms with Gasteiger partial charge < -0.3 is 4.90 Å². The van der Waals surface area contributed by atoms with E-state index in [0.29, 0.717) is 28.2 Å². The van der Waals surface area contributed by atoms with Crippen LogP contribution in [0.2, 0.25) is 10.0 Å². The Kier molecular flexibility index (Phi) is 4.42. The molecule has 20 heavy (non-hydrogen) atoms. The Bertz CT molecular complexity index is 653. The second kappa shape index (κ2) is 6.07. The first-order valence-electron chi connectivity index (χ1n) is 5.81. The molecule has 102 valence electrons. The highest BCUT2D eigenvalue weighted by molar-refractivity contribution is 6.44. The van der Waals surface area contributed by atoms with E-state index >= 15 is 0 Å². The Labute approximate surface area is 126 Å². The number of hydrogen-bond acceptors (Lipinski definition) is 2. The van der Waals surface area contributed by atoms with E-state index in [1.807, 2.05) is 0 Å². The van der Waals surface area contributed by atoms with Crippen LogP contribution in [0.3, 0.4) is 0 Å². The Morgan fingerprint density at radius 3 is 2.35 bits per heavy atom. The monoisotopic (exact) mass is 307 g/mol. The molecule has 0 fully saturated rings. The number of carbonyl (C=O) groups is 2. The van der Waals surface area contributed by atoms with Crippen molar-refractivity contribution < 1.29 is 9.59 Å². The minimum absolute atomic E-state index is 0.210. The standard InChI is InChI=1S/C15H11Cl2NO2/c1-18(9-19)11-7-5-10(6-8-11)15(20)12-3-2-4-13(16)14(12)17/h2-9H,1H3. The molecule has 0 spiro atoms. The van der Waals surface area contributed by atoms with Gasteiger partial charge in [0.1, 0.15) is 0 Å². The maximum atomic E-state index is 12.3. The number of nitrogens with zero attached hydrogens (tertiary/aromatic N) is 1.